The Morgan fingerprint density at radius 1 is 1.15 bits per heavy atom. The molecule has 7 heteroatoms. The third kappa shape index (κ3) is 3.77. The lowest BCUT2D eigenvalue weighted by Gasteiger charge is -2.23. The van der Waals surface area contributed by atoms with E-state index in [2.05, 4.69) is 56.7 Å². The molecule has 0 radical (unpaired) electrons. The number of nitrogens with two attached hydrogens (primary N) is 1. The van der Waals surface area contributed by atoms with E-state index < -0.39 is 0 Å². The van der Waals surface area contributed by atoms with Crippen LogP contribution in [0.4, 0.5) is 17.6 Å². The second-order valence-electron chi connectivity index (χ2n) is 6.88. The number of fused-ring (bicyclic) bond motifs is 1. The largest absolute Gasteiger partial charge is 0.491 e. The fraction of sp³-hybridized carbons (Fsp3) is 0.400. The van der Waals surface area contributed by atoms with E-state index in [9.17, 15) is 0 Å². The third-order valence-electron chi connectivity index (χ3n) is 4.94. The van der Waals surface area contributed by atoms with Crippen LogP contribution in [0, 0.1) is 0 Å². The minimum atomic E-state index is 0.280. The van der Waals surface area contributed by atoms with Crippen LogP contribution in [0.3, 0.4) is 0 Å². The number of nitrogens with zero attached hydrogens (tertiary/aromatic N) is 4. The summed E-state index contributed by atoms with van der Waals surface area (Å²) in [6, 6.07) is 12.8. The molecule has 1 saturated heterocycles. The van der Waals surface area contributed by atoms with Crippen molar-refractivity contribution < 1.29 is 4.74 Å². The van der Waals surface area contributed by atoms with E-state index in [4.69, 9.17) is 10.5 Å². The molecule has 1 fully saturated rings. The molecule has 7 nitrogen and oxygen atoms in total. The highest BCUT2D eigenvalue weighted by Gasteiger charge is 2.18. The van der Waals surface area contributed by atoms with Gasteiger partial charge in [-0.05, 0) is 30.7 Å². The molecule has 0 bridgehead atoms. The van der Waals surface area contributed by atoms with Gasteiger partial charge in [-0.1, -0.05) is 30.3 Å². The van der Waals surface area contributed by atoms with Crippen molar-refractivity contribution >= 4 is 28.4 Å². The highest BCUT2D eigenvalue weighted by atomic mass is 16.5. The van der Waals surface area contributed by atoms with E-state index >= 15 is 0 Å². The molecular formula is C20H26N6O. The number of rotatable bonds is 7. The molecule has 1 aromatic heterocycles. The van der Waals surface area contributed by atoms with Gasteiger partial charge in [-0.2, -0.15) is 4.98 Å². The fourth-order valence-corrected chi connectivity index (χ4v) is 3.60. The first kappa shape index (κ1) is 17.5. The highest BCUT2D eigenvalue weighted by molar-refractivity contribution is 5.93. The molecule has 0 aliphatic carbocycles. The first-order chi connectivity index (χ1) is 13.2. The zero-order valence-electron chi connectivity index (χ0n) is 15.7. The van der Waals surface area contributed by atoms with Gasteiger partial charge in [0.2, 0.25) is 11.9 Å². The molecule has 0 spiro atoms. The quantitative estimate of drug-likeness (QED) is 0.626. The molecule has 2 aromatic carbocycles. The molecule has 0 amide bonds. The van der Waals surface area contributed by atoms with Crippen LogP contribution in [-0.4, -0.2) is 41.0 Å². The van der Waals surface area contributed by atoms with E-state index in [-0.39, 0.29) is 5.95 Å². The second kappa shape index (κ2) is 7.73. The maximum atomic E-state index is 6.29. The maximum Gasteiger partial charge on any atom is 0.241 e. The van der Waals surface area contributed by atoms with Crippen molar-refractivity contribution in [2.24, 2.45) is 7.05 Å². The Bertz CT molecular complexity index is 916. The van der Waals surface area contributed by atoms with Crippen molar-refractivity contribution in [3.05, 3.63) is 36.4 Å². The maximum absolute atomic E-state index is 6.29. The minimum absolute atomic E-state index is 0.280. The van der Waals surface area contributed by atoms with E-state index in [1.807, 2.05) is 7.05 Å². The first-order valence-corrected chi connectivity index (χ1v) is 9.52. The second-order valence-corrected chi connectivity index (χ2v) is 6.88. The molecule has 2 heterocycles. The van der Waals surface area contributed by atoms with Crippen molar-refractivity contribution in [3.63, 3.8) is 0 Å². The Morgan fingerprint density at radius 2 is 1.96 bits per heavy atom. The van der Waals surface area contributed by atoms with E-state index in [0.29, 0.717) is 12.6 Å². The summed E-state index contributed by atoms with van der Waals surface area (Å²) in [5.41, 5.74) is 6.81. The Hall–Kier alpha value is -2.96. The predicted octanol–water partition coefficient (Wildman–Crippen LogP) is 3.03. The van der Waals surface area contributed by atoms with Gasteiger partial charge in [0.05, 0.1) is 12.3 Å². The van der Waals surface area contributed by atoms with Gasteiger partial charge in [0.25, 0.3) is 0 Å². The molecule has 1 aliphatic rings. The van der Waals surface area contributed by atoms with Crippen LogP contribution in [-0.2, 0) is 7.05 Å². The summed E-state index contributed by atoms with van der Waals surface area (Å²) >= 11 is 0. The van der Waals surface area contributed by atoms with Gasteiger partial charge in [0, 0.05) is 32.1 Å². The van der Waals surface area contributed by atoms with Crippen LogP contribution < -0.4 is 20.7 Å². The van der Waals surface area contributed by atoms with Gasteiger partial charge in [0.15, 0.2) is 0 Å². The lowest BCUT2D eigenvalue weighted by atomic mass is 10.1. The average Bonchev–Trinajstić information content (AvgIpc) is 3.31. The minimum Gasteiger partial charge on any atom is -0.491 e. The molecular weight excluding hydrogens is 340 g/mol. The topological polar surface area (TPSA) is 81.2 Å². The first-order valence-electron chi connectivity index (χ1n) is 9.52. The summed E-state index contributed by atoms with van der Waals surface area (Å²) in [6.07, 6.45) is 3.35. The van der Waals surface area contributed by atoms with Gasteiger partial charge < -0.3 is 20.7 Å². The van der Waals surface area contributed by atoms with Gasteiger partial charge in [0.1, 0.15) is 5.75 Å². The van der Waals surface area contributed by atoms with Crippen LogP contribution in [0.5, 0.6) is 5.75 Å². The summed E-state index contributed by atoms with van der Waals surface area (Å²) in [6.45, 7) is 3.58. The summed E-state index contributed by atoms with van der Waals surface area (Å²) in [5.74, 6) is 1.95. The van der Waals surface area contributed by atoms with Gasteiger partial charge in [-0.15, -0.1) is 5.10 Å². The summed E-state index contributed by atoms with van der Waals surface area (Å²) in [7, 11) is 1.82. The predicted molar refractivity (Wildman–Crippen MR) is 109 cm³/mol. The standard InChI is InChI=1S/C20H26N6O/c1-25-20(23-19(21)24-25)22-11-6-14-27-18-16-8-3-2-7-15(16)9-10-17(18)26-12-4-5-13-26/h2-3,7-10H,4-6,11-14H2,1H3,(H3,21,22,23,24). The Balaban J connectivity index is 1.44. The number of nitrogens with one attached hydrogen (secondary N) is 1. The smallest absolute Gasteiger partial charge is 0.241 e. The monoisotopic (exact) mass is 366 g/mol. The Labute approximate surface area is 159 Å². The zero-order chi connectivity index (χ0) is 18.6. The lowest BCUT2D eigenvalue weighted by Crippen LogP contribution is -2.19. The number of anilines is 3. The van der Waals surface area contributed by atoms with Gasteiger partial charge >= 0.3 is 0 Å². The van der Waals surface area contributed by atoms with Crippen LogP contribution in [0.15, 0.2) is 36.4 Å². The van der Waals surface area contributed by atoms with E-state index in [1.54, 1.807) is 4.68 Å². The molecule has 27 heavy (non-hydrogen) atoms. The summed E-state index contributed by atoms with van der Waals surface area (Å²) in [5, 5.41) is 9.67. The number of ether oxygens (including phenoxy) is 1. The molecule has 142 valence electrons. The molecule has 3 aromatic rings. The van der Waals surface area contributed by atoms with Crippen molar-refractivity contribution in [2.75, 3.05) is 42.2 Å². The van der Waals surface area contributed by atoms with E-state index in [0.717, 1.165) is 31.8 Å². The average molecular weight is 366 g/mol. The number of benzene rings is 2. The lowest BCUT2D eigenvalue weighted by molar-refractivity contribution is 0.319. The van der Waals surface area contributed by atoms with Crippen molar-refractivity contribution in [2.45, 2.75) is 19.3 Å². The van der Waals surface area contributed by atoms with Crippen LogP contribution in [0.2, 0.25) is 0 Å². The van der Waals surface area contributed by atoms with Crippen LogP contribution in [0.1, 0.15) is 19.3 Å². The number of aromatic nitrogens is 3. The van der Waals surface area contributed by atoms with Crippen molar-refractivity contribution in [1.29, 1.82) is 0 Å². The highest BCUT2D eigenvalue weighted by Crippen LogP contribution is 2.37. The van der Waals surface area contributed by atoms with Gasteiger partial charge in [-0.3, -0.25) is 0 Å². The molecule has 0 saturated carbocycles. The summed E-state index contributed by atoms with van der Waals surface area (Å²) < 4.78 is 7.93. The number of hydrogen-bond donors (Lipinski definition) is 2. The molecule has 0 atom stereocenters. The zero-order valence-corrected chi connectivity index (χ0v) is 15.7. The van der Waals surface area contributed by atoms with Crippen molar-refractivity contribution in [1.82, 2.24) is 14.8 Å². The number of nitrogen functional groups attached to an aromatic ring is 1. The number of hydrogen-bond acceptors (Lipinski definition) is 6. The number of aryl methyl sites for hydroxylation is 1. The van der Waals surface area contributed by atoms with Crippen molar-refractivity contribution in [3.8, 4) is 5.75 Å². The third-order valence-corrected chi connectivity index (χ3v) is 4.94. The molecule has 0 unspecified atom stereocenters. The van der Waals surface area contributed by atoms with E-state index in [1.165, 1.54) is 29.3 Å². The fourth-order valence-electron chi connectivity index (χ4n) is 3.60. The molecule has 1 aliphatic heterocycles. The molecule has 3 N–H and O–H groups in total. The van der Waals surface area contributed by atoms with Gasteiger partial charge in [-0.25, -0.2) is 4.68 Å². The SMILES string of the molecule is Cn1nc(N)nc1NCCCOc1c(N2CCCC2)ccc2ccccc12. The normalized spacial score (nSPS) is 14.0. The van der Waals surface area contributed by atoms with Crippen LogP contribution in [0.25, 0.3) is 10.8 Å². The Kier molecular flexibility index (Phi) is 5.00. The van der Waals surface area contributed by atoms with Crippen LogP contribution >= 0.6 is 0 Å². The Morgan fingerprint density at radius 3 is 2.74 bits per heavy atom. The summed E-state index contributed by atoms with van der Waals surface area (Å²) in [4.78, 5) is 6.58. The molecule has 4 rings (SSSR count).